The molecule has 2 N–H and O–H groups in total. The van der Waals surface area contributed by atoms with Crippen molar-refractivity contribution >= 4 is 46.6 Å². The molecule has 0 saturated carbocycles. The fraction of sp³-hybridized carbons (Fsp3) is 0.500. The maximum absolute atomic E-state index is 12.0. The van der Waals surface area contributed by atoms with Crippen LogP contribution in [-0.2, 0) is 52.3 Å². The highest BCUT2D eigenvalue weighted by Crippen LogP contribution is 2.40. The van der Waals surface area contributed by atoms with Gasteiger partial charge in [-0.2, -0.15) is 0 Å². The van der Waals surface area contributed by atoms with Gasteiger partial charge in [-0.05, 0) is 146 Å². The number of ether oxygens (including phenoxy) is 7. The first-order valence-corrected chi connectivity index (χ1v) is 25.1. The van der Waals surface area contributed by atoms with Gasteiger partial charge in [0.1, 0.15) is 0 Å². The molecule has 0 aromatic heterocycles. The molecule has 0 amide bonds. The molecule has 0 aliphatic carbocycles. The first-order valence-electron chi connectivity index (χ1n) is 25.1. The van der Waals surface area contributed by atoms with Gasteiger partial charge in [-0.1, -0.05) is 18.2 Å². The lowest BCUT2D eigenvalue weighted by Gasteiger charge is -2.21. The van der Waals surface area contributed by atoms with E-state index < -0.39 is 79.4 Å². The van der Waals surface area contributed by atoms with Crippen LogP contribution in [0.3, 0.4) is 0 Å². The fourth-order valence-corrected chi connectivity index (χ4v) is 8.36. The van der Waals surface area contributed by atoms with Gasteiger partial charge in [0.2, 0.25) is 0 Å². The van der Waals surface area contributed by atoms with Crippen LogP contribution in [0.15, 0.2) is 24.3 Å². The summed E-state index contributed by atoms with van der Waals surface area (Å²) in [5.74, 6) is -3.02. The fourth-order valence-electron chi connectivity index (χ4n) is 8.36. The molecule has 25 heteroatoms. The van der Waals surface area contributed by atoms with Crippen LogP contribution in [-0.4, -0.2) is 101 Å². The van der Waals surface area contributed by atoms with Gasteiger partial charge < -0.3 is 43.4 Å². The zero-order valence-electron chi connectivity index (χ0n) is 49.8. The van der Waals surface area contributed by atoms with Gasteiger partial charge in [0, 0.05) is 61.2 Å². The summed E-state index contributed by atoms with van der Waals surface area (Å²) in [5, 5.41) is 64.3. The van der Waals surface area contributed by atoms with E-state index in [0.717, 1.165) is 18.2 Å². The third-order valence-electron chi connectivity index (χ3n) is 12.8. The molecule has 446 valence electrons. The number of hydrogen-bond acceptors (Lipinski definition) is 21. The van der Waals surface area contributed by atoms with Gasteiger partial charge in [-0.15, -0.1) is 0 Å². The van der Waals surface area contributed by atoms with Gasteiger partial charge in [-0.25, -0.2) is 19.2 Å². The van der Waals surface area contributed by atoms with Crippen molar-refractivity contribution in [3.05, 3.63) is 148 Å². The zero-order chi connectivity index (χ0) is 63.0. The summed E-state index contributed by atoms with van der Waals surface area (Å²) >= 11 is 0. The van der Waals surface area contributed by atoms with Gasteiger partial charge in [-0.3, -0.25) is 40.5 Å². The lowest BCUT2D eigenvalue weighted by molar-refractivity contribution is -0.386. The zero-order valence-corrected chi connectivity index (χ0v) is 49.8. The number of aliphatic hydroxyl groups excluding tert-OH is 1. The molecule has 0 saturated heterocycles. The molecule has 0 heterocycles. The Kier molecular flexibility index (Phi) is 27.3. The minimum Gasteiger partial charge on any atom is -0.502 e. The van der Waals surface area contributed by atoms with Crippen LogP contribution in [0, 0.1) is 117 Å². The quantitative estimate of drug-likeness (QED) is 0.0404. The summed E-state index contributed by atoms with van der Waals surface area (Å²) in [6.45, 7) is 28.7. The Morgan fingerprint density at radius 1 is 0.383 bits per heavy atom. The molecule has 81 heavy (non-hydrogen) atoms. The van der Waals surface area contributed by atoms with E-state index in [9.17, 15) is 69.8 Å². The van der Waals surface area contributed by atoms with Crippen molar-refractivity contribution in [1.29, 1.82) is 0 Å². The van der Waals surface area contributed by atoms with Crippen molar-refractivity contribution in [1.82, 2.24) is 0 Å². The number of rotatable bonds is 18. The number of aryl methyl sites for hydroxylation is 4. The Balaban J connectivity index is 0.000000541. The second-order valence-electron chi connectivity index (χ2n) is 19.5. The highest BCUT2D eigenvalue weighted by Gasteiger charge is 2.34. The normalized spacial score (nSPS) is 12.3. The number of benzene rings is 4. The predicted molar refractivity (Wildman–Crippen MR) is 296 cm³/mol. The number of phenols is 1. The lowest BCUT2D eigenvalue weighted by atomic mass is 9.94. The molecular formula is C56H76N4O21. The number of methoxy groups -OCH3 is 4. The maximum Gasteiger partial charge on any atom is 0.339 e. The van der Waals surface area contributed by atoms with E-state index in [-0.39, 0.29) is 52.1 Å². The minimum absolute atomic E-state index is 0.0197. The van der Waals surface area contributed by atoms with Crippen LogP contribution >= 0.6 is 0 Å². The summed E-state index contributed by atoms with van der Waals surface area (Å²) < 4.78 is 35.4. The first kappa shape index (κ1) is 71.0. The average molecular weight is 1140 g/mol. The van der Waals surface area contributed by atoms with Crippen LogP contribution in [0.1, 0.15) is 149 Å². The van der Waals surface area contributed by atoms with Crippen molar-refractivity contribution in [2.24, 2.45) is 0 Å². The Bertz CT molecular complexity index is 2760. The van der Waals surface area contributed by atoms with Crippen LogP contribution in [0.5, 0.6) is 5.75 Å². The standard InChI is InChI=1S/2C15H21NO5.C14H19NO6.C12H15NO5/c2*1-8(2)21-14(15(17)20-6)12-7-9(3)10(4)13(11(12)5)16(18)19;1-7(2)21-13(14(17)20-5)10-6-8(3)12(16)11(9(10)4)15(18)19;1-6-5-9(11(14)12(15)18-4)8(3)10(7(6)2)13(16)17/h2*7-8,14H,1-6H3;6-7,13,16H,1-5H3;5,11,14H,1-4H3/t2*14-;13-;11-/m0000/s1. The van der Waals surface area contributed by atoms with Crippen LogP contribution in [0.25, 0.3) is 0 Å². The number of phenolic OH excluding ortho intramolecular Hbond substituents is 1. The lowest BCUT2D eigenvalue weighted by Crippen LogP contribution is -2.22. The van der Waals surface area contributed by atoms with E-state index in [1.807, 2.05) is 0 Å². The third kappa shape index (κ3) is 18.0. The van der Waals surface area contributed by atoms with Crippen LogP contribution < -0.4 is 0 Å². The Hall–Kier alpha value is -8.00. The molecule has 0 fully saturated rings. The Morgan fingerprint density at radius 3 is 0.840 bits per heavy atom. The van der Waals surface area contributed by atoms with Crippen molar-refractivity contribution in [2.45, 2.75) is 160 Å². The van der Waals surface area contributed by atoms with E-state index in [1.54, 1.807) is 115 Å². The molecule has 0 aliphatic heterocycles. The molecule has 4 aromatic rings. The predicted octanol–water partition coefficient (Wildman–Crippen LogP) is 10.6. The molecule has 4 rings (SSSR count). The summed E-state index contributed by atoms with van der Waals surface area (Å²) in [6, 6.07) is 6.57. The van der Waals surface area contributed by atoms with E-state index in [0.29, 0.717) is 55.6 Å². The molecule has 0 unspecified atom stereocenters. The van der Waals surface area contributed by atoms with Crippen LogP contribution in [0.2, 0.25) is 0 Å². The molecule has 4 aromatic carbocycles. The summed E-state index contributed by atoms with van der Waals surface area (Å²) in [5.41, 5.74) is 6.46. The monoisotopic (exact) mass is 1140 g/mol. The number of carbonyl (C=O) groups excluding carboxylic acids is 4. The second kappa shape index (κ2) is 31.1. The van der Waals surface area contributed by atoms with E-state index in [4.69, 9.17) is 28.4 Å². The van der Waals surface area contributed by atoms with E-state index in [2.05, 4.69) is 4.74 Å². The molecule has 0 aliphatic rings. The molecule has 0 bridgehead atoms. The number of hydrogen-bond donors (Lipinski definition) is 2. The van der Waals surface area contributed by atoms with Crippen LogP contribution in [0.4, 0.5) is 22.7 Å². The third-order valence-corrected chi connectivity index (χ3v) is 12.8. The number of carbonyl (C=O) groups is 4. The number of aliphatic hydroxyl groups is 1. The molecule has 4 atom stereocenters. The topological polar surface area (TPSA) is 346 Å². The van der Waals surface area contributed by atoms with Crippen molar-refractivity contribution < 1.29 is 82.2 Å². The largest absolute Gasteiger partial charge is 0.502 e. The average Bonchev–Trinajstić information content (AvgIpc) is 3.55. The second-order valence-corrected chi connectivity index (χ2v) is 19.5. The smallest absolute Gasteiger partial charge is 0.339 e. The Labute approximate surface area is 470 Å². The van der Waals surface area contributed by atoms with Crippen molar-refractivity contribution in [3.63, 3.8) is 0 Å². The maximum atomic E-state index is 12.0. The van der Waals surface area contributed by atoms with E-state index in [1.165, 1.54) is 48.2 Å². The summed E-state index contributed by atoms with van der Waals surface area (Å²) in [4.78, 5) is 89.8. The van der Waals surface area contributed by atoms with Gasteiger partial charge >= 0.3 is 29.6 Å². The van der Waals surface area contributed by atoms with Crippen molar-refractivity contribution in [2.75, 3.05) is 28.4 Å². The minimum atomic E-state index is -1.51. The Morgan fingerprint density at radius 2 is 0.605 bits per heavy atom. The SMILES string of the molecule is COC(=O)[C@@H](O)c1cc(C)c(C)c([N+](=O)[O-])c1C.COC(=O)[C@@H](OC(C)C)c1cc(C)c(C)c([N+](=O)[O-])c1C.COC(=O)[C@@H](OC(C)C)c1cc(C)c(C)c([N+](=O)[O-])c1C.COC(=O)[C@@H](OC(C)C)c1cc(C)c(O)c([N+](=O)[O-])c1C. The first-order chi connectivity index (χ1) is 37.4. The van der Waals surface area contributed by atoms with Crippen molar-refractivity contribution in [3.8, 4) is 5.75 Å². The molecule has 0 radical (unpaired) electrons. The van der Waals surface area contributed by atoms with Gasteiger partial charge in [0.15, 0.2) is 30.2 Å². The highest BCUT2D eigenvalue weighted by molar-refractivity contribution is 5.80. The summed E-state index contributed by atoms with van der Waals surface area (Å²) in [6.07, 6.45) is -5.22. The number of esters is 4. The van der Waals surface area contributed by atoms with E-state index >= 15 is 0 Å². The molecular weight excluding hydrogens is 1060 g/mol. The number of aromatic hydroxyl groups is 1. The number of nitro benzene ring substituents is 4. The molecule has 0 spiro atoms. The number of nitro groups is 4. The number of nitrogens with zero attached hydrogens (tertiary/aromatic N) is 4. The van der Waals surface area contributed by atoms with Gasteiger partial charge in [0.05, 0.1) is 66.4 Å². The summed E-state index contributed by atoms with van der Waals surface area (Å²) in [7, 11) is 4.90. The van der Waals surface area contributed by atoms with Gasteiger partial charge in [0.25, 0.3) is 17.1 Å². The molecule has 25 nitrogen and oxygen atoms in total. The highest BCUT2D eigenvalue weighted by atomic mass is 16.6.